The van der Waals surface area contributed by atoms with Gasteiger partial charge in [0.25, 0.3) is 0 Å². The van der Waals surface area contributed by atoms with Crippen molar-refractivity contribution in [2.24, 2.45) is 0 Å². The number of ether oxygens (including phenoxy) is 2. The molecule has 0 aliphatic heterocycles. The third-order valence-electron chi connectivity index (χ3n) is 2.79. The SMILES string of the molecule is COC(=O)C[C@@H](Cc1ccccc1F)NC(=O)OC(C)(C)C. The number of hydrogen-bond donors (Lipinski definition) is 1. The normalized spacial score (nSPS) is 12.4. The molecule has 1 aromatic carbocycles. The van der Waals surface area contributed by atoms with Gasteiger partial charge in [0, 0.05) is 6.04 Å². The zero-order valence-electron chi connectivity index (χ0n) is 13.3. The highest BCUT2D eigenvalue weighted by molar-refractivity contribution is 5.72. The summed E-state index contributed by atoms with van der Waals surface area (Å²) in [6.45, 7) is 5.20. The maximum absolute atomic E-state index is 13.7. The molecule has 0 aliphatic rings. The molecule has 0 fully saturated rings. The average molecular weight is 311 g/mol. The van der Waals surface area contributed by atoms with Gasteiger partial charge in [-0.3, -0.25) is 4.79 Å². The summed E-state index contributed by atoms with van der Waals surface area (Å²) in [5, 5.41) is 2.59. The monoisotopic (exact) mass is 311 g/mol. The Morgan fingerprint density at radius 3 is 2.45 bits per heavy atom. The molecule has 0 aromatic heterocycles. The second kappa shape index (κ2) is 7.77. The summed E-state index contributed by atoms with van der Waals surface area (Å²) in [5.74, 6) is -0.874. The molecular formula is C16H22FNO4. The van der Waals surface area contributed by atoms with E-state index in [2.05, 4.69) is 10.1 Å². The number of hydrogen-bond acceptors (Lipinski definition) is 4. The molecule has 0 radical (unpaired) electrons. The molecule has 1 atom stereocenters. The molecule has 1 N–H and O–H groups in total. The van der Waals surface area contributed by atoms with Gasteiger partial charge in [0.1, 0.15) is 11.4 Å². The van der Waals surface area contributed by atoms with Crippen LogP contribution in [-0.4, -0.2) is 30.8 Å². The highest BCUT2D eigenvalue weighted by atomic mass is 19.1. The van der Waals surface area contributed by atoms with Crippen molar-refractivity contribution in [3.63, 3.8) is 0 Å². The van der Waals surface area contributed by atoms with Crippen molar-refractivity contribution >= 4 is 12.1 Å². The van der Waals surface area contributed by atoms with Crippen LogP contribution in [0.15, 0.2) is 24.3 Å². The van der Waals surface area contributed by atoms with Crippen LogP contribution in [0.4, 0.5) is 9.18 Å². The number of amides is 1. The topological polar surface area (TPSA) is 64.6 Å². The summed E-state index contributed by atoms with van der Waals surface area (Å²) in [5.41, 5.74) is -0.245. The minimum Gasteiger partial charge on any atom is -0.469 e. The number of benzene rings is 1. The van der Waals surface area contributed by atoms with Crippen molar-refractivity contribution in [3.05, 3.63) is 35.6 Å². The fourth-order valence-corrected chi connectivity index (χ4v) is 1.86. The number of nitrogens with one attached hydrogen (secondary N) is 1. The first-order valence-corrected chi connectivity index (χ1v) is 7.01. The smallest absolute Gasteiger partial charge is 0.407 e. The second-order valence-corrected chi connectivity index (χ2v) is 5.92. The first-order valence-electron chi connectivity index (χ1n) is 7.01. The van der Waals surface area contributed by atoms with E-state index in [4.69, 9.17) is 4.74 Å². The maximum Gasteiger partial charge on any atom is 0.407 e. The molecule has 22 heavy (non-hydrogen) atoms. The van der Waals surface area contributed by atoms with E-state index in [1.54, 1.807) is 39.0 Å². The van der Waals surface area contributed by atoms with E-state index < -0.39 is 23.7 Å². The van der Waals surface area contributed by atoms with Gasteiger partial charge in [-0.25, -0.2) is 9.18 Å². The van der Waals surface area contributed by atoms with E-state index in [-0.39, 0.29) is 18.7 Å². The Kier molecular flexibility index (Phi) is 6.34. The van der Waals surface area contributed by atoms with Crippen LogP contribution in [0.3, 0.4) is 0 Å². The predicted octanol–water partition coefficient (Wildman–Crippen LogP) is 2.82. The van der Waals surface area contributed by atoms with Gasteiger partial charge in [-0.1, -0.05) is 18.2 Å². The van der Waals surface area contributed by atoms with Crippen LogP contribution < -0.4 is 5.32 Å². The lowest BCUT2D eigenvalue weighted by Crippen LogP contribution is -2.41. The molecular weight excluding hydrogens is 289 g/mol. The lowest BCUT2D eigenvalue weighted by atomic mass is 10.0. The Morgan fingerprint density at radius 2 is 1.91 bits per heavy atom. The zero-order valence-corrected chi connectivity index (χ0v) is 13.3. The summed E-state index contributed by atoms with van der Waals surface area (Å²) < 4.78 is 23.5. The highest BCUT2D eigenvalue weighted by Crippen LogP contribution is 2.13. The van der Waals surface area contributed by atoms with E-state index in [1.165, 1.54) is 13.2 Å². The lowest BCUT2D eigenvalue weighted by Gasteiger charge is -2.23. The number of halogens is 1. The molecule has 0 aliphatic carbocycles. The summed E-state index contributed by atoms with van der Waals surface area (Å²) in [6.07, 6.45) is -0.553. The molecule has 6 heteroatoms. The van der Waals surface area contributed by atoms with Gasteiger partial charge in [0.05, 0.1) is 13.5 Å². The Balaban J connectivity index is 2.78. The van der Waals surface area contributed by atoms with Gasteiger partial charge >= 0.3 is 12.1 Å². The van der Waals surface area contributed by atoms with Crippen LogP contribution in [-0.2, 0) is 20.7 Å². The largest absolute Gasteiger partial charge is 0.469 e. The molecule has 0 saturated carbocycles. The van der Waals surface area contributed by atoms with Crippen LogP contribution in [0.25, 0.3) is 0 Å². The Bertz CT molecular complexity index is 525. The first-order chi connectivity index (χ1) is 10.2. The number of rotatable bonds is 5. The van der Waals surface area contributed by atoms with E-state index >= 15 is 0 Å². The molecule has 5 nitrogen and oxygen atoms in total. The molecule has 0 heterocycles. The Morgan fingerprint density at radius 1 is 1.27 bits per heavy atom. The first kappa shape index (κ1) is 17.9. The van der Waals surface area contributed by atoms with Crippen molar-refractivity contribution in [1.29, 1.82) is 0 Å². The second-order valence-electron chi connectivity index (χ2n) is 5.92. The van der Waals surface area contributed by atoms with Crippen molar-refractivity contribution < 1.29 is 23.5 Å². The third-order valence-corrected chi connectivity index (χ3v) is 2.79. The summed E-state index contributed by atoms with van der Waals surface area (Å²) in [7, 11) is 1.26. The standard InChI is InChI=1S/C16H22FNO4/c1-16(2,3)22-15(20)18-12(10-14(19)21-4)9-11-7-5-6-8-13(11)17/h5-8,12H,9-10H2,1-4H3,(H,18,20)/t12-/m1/s1. The van der Waals surface area contributed by atoms with Crippen LogP contribution in [0.1, 0.15) is 32.8 Å². The fraction of sp³-hybridized carbons (Fsp3) is 0.500. The van der Waals surface area contributed by atoms with E-state index in [9.17, 15) is 14.0 Å². The molecule has 0 spiro atoms. The number of esters is 1. The third kappa shape index (κ3) is 6.56. The maximum atomic E-state index is 13.7. The number of alkyl carbamates (subject to hydrolysis) is 1. The summed E-state index contributed by atoms with van der Waals surface area (Å²) in [4.78, 5) is 23.3. The van der Waals surface area contributed by atoms with Crippen LogP contribution >= 0.6 is 0 Å². The zero-order chi connectivity index (χ0) is 16.8. The van der Waals surface area contributed by atoms with E-state index in [0.717, 1.165) is 0 Å². The van der Waals surface area contributed by atoms with Gasteiger partial charge in [0.2, 0.25) is 0 Å². The average Bonchev–Trinajstić information content (AvgIpc) is 2.38. The molecule has 122 valence electrons. The highest BCUT2D eigenvalue weighted by Gasteiger charge is 2.22. The number of carbonyl (C=O) groups is 2. The van der Waals surface area contributed by atoms with Gasteiger partial charge in [0.15, 0.2) is 0 Å². The van der Waals surface area contributed by atoms with Crippen LogP contribution in [0.2, 0.25) is 0 Å². The molecule has 0 saturated heterocycles. The summed E-state index contributed by atoms with van der Waals surface area (Å²) >= 11 is 0. The summed E-state index contributed by atoms with van der Waals surface area (Å²) in [6, 6.07) is 5.60. The molecule has 1 rings (SSSR count). The van der Waals surface area contributed by atoms with Gasteiger partial charge in [-0.2, -0.15) is 0 Å². The van der Waals surface area contributed by atoms with Gasteiger partial charge in [-0.15, -0.1) is 0 Å². The number of methoxy groups -OCH3 is 1. The van der Waals surface area contributed by atoms with Gasteiger partial charge in [-0.05, 0) is 38.8 Å². The van der Waals surface area contributed by atoms with Gasteiger partial charge < -0.3 is 14.8 Å². The Labute approximate surface area is 129 Å². The molecule has 1 amide bonds. The van der Waals surface area contributed by atoms with Crippen molar-refractivity contribution in [1.82, 2.24) is 5.32 Å². The Hall–Kier alpha value is -2.11. The fourth-order valence-electron chi connectivity index (χ4n) is 1.86. The quantitative estimate of drug-likeness (QED) is 0.849. The molecule has 0 unspecified atom stereocenters. The lowest BCUT2D eigenvalue weighted by molar-refractivity contribution is -0.141. The predicted molar refractivity (Wildman–Crippen MR) is 79.9 cm³/mol. The van der Waals surface area contributed by atoms with Crippen LogP contribution in [0.5, 0.6) is 0 Å². The molecule has 1 aromatic rings. The molecule has 0 bridgehead atoms. The van der Waals surface area contributed by atoms with Crippen LogP contribution in [0, 0.1) is 5.82 Å². The van der Waals surface area contributed by atoms with Crippen molar-refractivity contribution in [3.8, 4) is 0 Å². The van der Waals surface area contributed by atoms with Crippen molar-refractivity contribution in [2.45, 2.75) is 45.3 Å². The van der Waals surface area contributed by atoms with Crippen molar-refractivity contribution in [2.75, 3.05) is 7.11 Å². The van der Waals surface area contributed by atoms with E-state index in [0.29, 0.717) is 5.56 Å². The number of carbonyl (C=O) groups excluding carboxylic acids is 2. The minimum atomic E-state index is -0.655. The van der Waals surface area contributed by atoms with E-state index in [1.807, 2.05) is 0 Å². The minimum absolute atomic E-state index is 0.0654.